The summed E-state index contributed by atoms with van der Waals surface area (Å²) in [7, 11) is 1.65. The van der Waals surface area contributed by atoms with E-state index < -0.39 is 0 Å². The quantitative estimate of drug-likeness (QED) is 0.916. The van der Waals surface area contributed by atoms with Gasteiger partial charge in [0, 0.05) is 25.7 Å². The third-order valence-corrected chi connectivity index (χ3v) is 4.57. The van der Waals surface area contributed by atoms with Crippen LogP contribution in [-0.4, -0.2) is 31.0 Å². The molecule has 2 aromatic rings. The Kier molecular flexibility index (Phi) is 3.38. The molecule has 0 spiro atoms. The van der Waals surface area contributed by atoms with Crippen molar-refractivity contribution < 1.29 is 4.79 Å². The van der Waals surface area contributed by atoms with E-state index in [9.17, 15) is 4.79 Å². The van der Waals surface area contributed by atoms with Crippen LogP contribution in [0.1, 0.15) is 29.6 Å². The Labute approximate surface area is 116 Å². The molecule has 1 aromatic heterocycles. The Balaban J connectivity index is 1.93. The van der Waals surface area contributed by atoms with Crippen LogP contribution >= 0.6 is 11.3 Å². The largest absolute Gasteiger partial charge is 0.355 e. The fourth-order valence-corrected chi connectivity index (χ4v) is 3.47. The summed E-state index contributed by atoms with van der Waals surface area (Å²) in [4.78, 5) is 18.7. The molecule has 0 radical (unpaired) electrons. The van der Waals surface area contributed by atoms with Gasteiger partial charge < -0.3 is 10.2 Å². The summed E-state index contributed by atoms with van der Waals surface area (Å²) in [5.41, 5.74) is 1.68. The number of piperidine rings is 1. The summed E-state index contributed by atoms with van der Waals surface area (Å²) >= 11 is 1.68. The van der Waals surface area contributed by atoms with Crippen molar-refractivity contribution in [2.75, 3.05) is 25.0 Å². The van der Waals surface area contributed by atoms with Crippen LogP contribution in [0.5, 0.6) is 0 Å². The third kappa shape index (κ3) is 2.42. The minimum Gasteiger partial charge on any atom is -0.355 e. The summed E-state index contributed by atoms with van der Waals surface area (Å²) in [6, 6.07) is 5.70. The number of hydrogen-bond donors (Lipinski definition) is 1. The minimum atomic E-state index is -0.0465. The number of nitrogens with one attached hydrogen (secondary N) is 1. The first-order chi connectivity index (χ1) is 9.28. The lowest BCUT2D eigenvalue weighted by atomic mass is 10.1. The van der Waals surface area contributed by atoms with E-state index in [1.54, 1.807) is 18.4 Å². The monoisotopic (exact) mass is 275 g/mol. The molecular weight excluding hydrogens is 258 g/mol. The molecule has 0 aliphatic carbocycles. The van der Waals surface area contributed by atoms with Crippen molar-refractivity contribution in [1.29, 1.82) is 0 Å². The van der Waals surface area contributed by atoms with Crippen molar-refractivity contribution in [3.05, 3.63) is 23.8 Å². The maximum Gasteiger partial charge on any atom is 0.251 e. The van der Waals surface area contributed by atoms with Crippen LogP contribution in [0.15, 0.2) is 18.2 Å². The molecule has 1 N–H and O–H groups in total. The molecule has 2 heterocycles. The minimum absolute atomic E-state index is 0.0465. The molecule has 100 valence electrons. The summed E-state index contributed by atoms with van der Waals surface area (Å²) in [5, 5.41) is 3.74. The first-order valence-electron chi connectivity index (χ1n) is 6.65. The number of thiazole rings is 1. The molecule has 3 rings (SSSR count). The van der Waals surface area contributed by atoms with E-state index in [2.05, 4.69) is 15.2 Å². The number of anilines is 1. The zero-order valence-electron chi connectivity index (χ0n) is 11.0. The van der Waals surface area contributed by atoms with Crippen molar-refractivity contribution in [2.45, 2.75) is 19.3 Å². The first kappa shape index (κ1) is 12.4. The zero-order valence-corrected chi connectivity index (χ0v) is 11.8. The van der Waals surface area contributed by atoms with Crippen LogP contribution in [0.2, 0.25) is 0 Å². The smallest absolute Gasteiger partial charge is 0.251 e. The van der Waals surface area contributed by atoms with Gasteiger partial charge in [0.15, 0.2) is 5.13 Å². The molecule has 0 saturated carbocycles. The Morgan fingerprint density at radius 3 is 2.84 bits per heavy atom. The number of aromatic nitrogens is 1. The van der Waals surface area contributed by atoms with Crippen LogP contribution in [0, 0.1) is 0 Å². The third-order valence-electron chi connectivity index (χ3n) is 3.49. The second-order valence-corrected chi connectivity index (χ2v) is 5.81. The van der Waals surface area contributed by atoms with Crippen LogP contribution in [0.3, 0.4) is 0 Å². The molecular formula is C14H17N3OS. The standard InChI is InChI=1S/C14H17N3OS/c1-15-13(18)10-5-6-11-12(9-10)19-14(16-11)17-7-3-2-4-8-17/h5-6,9H,2-4,7-8H2,1H3,(H,15,18). The summed E-state index contributed by atoms with van der Waals surface area (Å²) in [6.07, 6.45) is 3.82. The number of benzene rings is 1. The van der Waals surface area contributed by atoms with Crippen molar-refractivity contribution in [3.63, 3.8) is 0 Å². The molecule has 5 heteroatoms. The maximum atomic E-state index is 11.6. The Bertz CT molecular complexity index is 602. The Morgan fingerprint density at radius 1 is 1.32 bits per heavy atom. The van der Waals surface area contributed by atoms with Crippen LogP contribution in [0.4, 0.5) is 5.13 Å². The molecule has 19 heavy (non-hydrogen) atoms. The normalized spacial score (nSPS) is 15.7. The number of fused-ring (bicyclic) bond motifs is 1. The summed E-state index contributed by atoms with van der Waals surface area (Å²) in [5.74, 6) is -0.0465. The highest BCUT2D eigenvalue weighted by molar-refractivity contribution is 7.22. The predicted molar refractivity (Wildman–Crippen MR) is 79.1 cm³/mol. The molecule has 1 aromatic carbocycles. The van der Waals surface area contributed by atoms with E-state index in [-0.39, 0.29) is 5.91 Å². The van der Waals surface area contributed by atoms with Crippen LogP contribution in [-0.2, 0) is 0 Å². The molecule has 0 unspecified atom stereocenters. The highest BCUT2D eigenvalue weighted by Crippen LogP contribution is 2.31. The van der Waals surface area contributed by atoms with Gasteiger partial charge in [0.25, 0.3) is 5.91 Å². The molecule has 1 saturated heterocycles. The number of hydrogen-bond acceptors (Lipinski definition) is 4. The average molecular weight is 275 g/mol. The van der Waals surface area contributed by atoms with Crippen molar-refractivity contribution in [2.24, 2.45) is 0 Å². The average Bonchev–Trinajstić information content (AvgIpc) is 2.90. The second-order valence-electron chi connectivity index (χ2n) is 4.81. The molecule has 1 fully saturated rings. The summed E-state index contributed by atoms with van der Waals surface area (Å²) in [6.45, 7) is 2.20. The van der Waals surface area contributed by atoms with Crippen molar-refractivity contribution >= 4 is 32.6 Å². The van der Waals surface area contributed by atoms with Crippen LogP contribution < -0.4 is 10.2 Å². The molecule has 1 aliphatic rings. The highest BCUT2D eigenvalue weighted by atomic mass is 32.1. The van der Waals surface area contributed by atoms with E-state index in [0.717, 1.165) is 28.4 Å². The van der Waals surface area contributed by atoms with Gasteiger partial charge in [-0.3, -0.25) is 4.79 Å². The van der Waals surface area contributed by atoms with Crippen molar-refractivity contribution in [1.82, 2.24) is 10.3 Å². The molecule has 0 bridgehead atoms. The number of rotatable bonds is 2. The summed E-state index contributed by atoms with van der Waals surface area (Å²) < 4.78 is 1.08. The lowest BCUT2D eigenvalue weighted by Gasteiger charge is -2.25. The van der Waals surface area contributed by atoms with E-state index >= 15 is 0 Å². The van der Waals surface area contributed by atoms with Crippen molar-refractivity contribution in [3.8, 4) is 0 Å². The van der Waals surface area contributed by atoms with E-state index in [1.165, 1.54) is 19.3 Å². The number of nitrogens with zero attached hydrogens (tertiary/aromatic N) is 2. The molecule has 4 nitrogen and oxygen atoms in total. The first-order valence-corrected chi connectivity index (χ1v) is 7.47. The van der Waals surface area contributed by atoms with E-state index in [4.69, 9.17) is 0 Å². The Morgan fingerprint density at radius 2 is 2.11 bits per heavy atom. The number of amides is 1. The fourth-order valence-electron chi connectivity index (χ4n) is 2.42. The highest BCUT2D eigenvalue weighted by Gasteiger charge is 2.15. The maximum absolute atomic E-state index is 11.6. The van der Waals surface area contributed by atoms with Gasteiger partial charge in [-0.2, -0.15) is 0 Å². The second kappa shape index (κ2) is 5.17. The zero-order chi connectivity index (χ0) is 13.2. The van der Waals surface area contributed by atoms with Gasteiger partial charge >= 0.3 is 0 Å². The van der Waals surface area contributed by atoms with E-state index in [0.29, 0.717) is 5.56 Å². The van der Waals surface area contributed by atoms with Gasteiger partial charge in [0.05, 0.1) is 10.2 Å². The topological polar surface area (TPSA) is 45.2 Å². The molecule has 1 aliphatic heterocycles. The lowest BCUT2D eigenvalue weighted by Crippen LogP contribution is -2.29. The van der Waals surface area contributed by atoms with Gasteiger partial charge in [-0.05, 0) is 37.5 Å². The van der Waals surface area contributed by atoms with Gasteiger partial charge in [0.1, 0.15) is 0 Å². The number of carbonyl (C=O) groups is 1. The lowest BCUT2D eigenvalue weighted by molar-refractivity contribution is 0.0963. The van der Waals surface area contributed by atoms with Gasteiger partial charge in [0.2, 0.25) is 0 Å². The van der Waals surface area contributed by atoms with Gasteiger partial charge in [-0.1, -0.05) is 11.3 Å². The molecule has 1 amide bonds. The number of carbonyl (C=O) groups excluding carboxylic acids is 1. The molecule has 0 atom stereocenters. The van der Waals surface area contributed by atoms with Gasteiger partial charge in [-0.25, -0.2) is 4.98 Å². The van der Waals surface area contributed by atoms with E-state index in [1.807, 2.05) is 18.2 Å². The predicted octanol–water partition coefficient (Wildman–Crippen LogP) is 2.65. The SMILES string of the molecule is CNC(=O)c1ccc2nc(N3CCCCC3)sc2c1. The van der Waals surface area contributed by atoms with Crippen LogP contribution in [0.25, 0.3) is 10.2 Å². The Hall–Kier alpha value is -1.62. The van der Waals surface area contributed by atoms with Gasteiger partial charge in [-0.15, -0.1) is 0 Å². The fraction of sp³-hybridized carbons (Fsp3) is 0.429.